The van der Waals surface area contributed by atoms with Crippen molar-refractivity contribution in [1.29, 1.82) is 0 Å². The van der Waals surface area contributed by atoms with Crippen molar-refractivity contribution in [3.8, 4) is 0 Å². The Kier molecular flexibility index (Phi) is 4.45. The number of nitrogens with two attached hydrogens (primary N) is 1. The molecule has 0 heterocycles. The molecule has 2 N–H and O–H groups in total. The van der Waals surface area contributed by atoms with Crippen LogP contribution in [0.3, 0.4) is 0 Å². The molecule has 0 spiro atoms. The molecule has 5 nitrogen and oxygen atoms in total. The standard InChI is InChI=1S/C12H18N2O3/c1-8(2)9(3)17-7-10-5-4-6-11(12(10)13)14(15)16/h4-6,8-9H,7,13H2,1-3H3. The minimum atomic E-state index is -0.481. The topological polar surface area (TPSA) is 78.4 Å². The van der Waals surface area contributed by atoms with Gasteiger partial charge in [0.2, 0.25) is 0 Å². The second kappa shape index (κ2) is 5.63. The molecule has 94 valence electrons. The molecule has 1 aromatic carbocycles. The third-order valence-corrected chi connectivity index (χ3v) is 2.81. The van der Waals surface area contributed by atoms with Gasteiger partial charge in [-0.1, -0.05) is 26.0 Å². The zero-order valence-corrected chi connectivity index (χ0v) is 10.3. The number of hydrogen-bond donors (Lipinski definition) is 1. The lowest BCUT2D eigenvalue weighted by Crippen LogP contribution is -2.15. The lowest BCUT2D eigenvalue weighted by molar-refractivity contribution is -0.384. The maximum atomic E-state index is 10.7. The number of nitro groups is 1. The van der Waals surface area contributed by atoms with Gasteiger partial charge in [-0.15, -0.1) is 0 Å². The molecular weight excluding hydrogens is 220 g/mol. The van der Waals surface area contributed by atoms with Crippen LogP contribution in [0.1, 0.15) is 26.3 Å². The van der Waals surface area contributed by atoms with Gasteiger partial charge in [0.25, 0.3) is 5.69 Å². The second-order valence-electron chi connectivity index (χ2n) is 4.37. The van der Waals surface area contributed by atoms with Crippen LogP contribution < -0.4 is 5.73 Å². The van der Waals surface area contributed by atoms with E-state index in [1.54, 1.807) is 12.1 Å². The molecule has 0 aliphatic carbocycles. The van der Waals surface area contributed by atoms with Gasteiger partial charge < -0.3 is 10.5 Å². The van der Waals surface area contributed by atoms with E-state index in [9.17, 15) is 10.1 Å². The average Bonchev–Trinajstić information content (AvgIpc) is 2.26. The van der Waals surface area contributed by atoms with E-state index in [4.69, 9.17) is 10.5 Å². The highest BCUT2D eigenvalue weighted by molar-refractivity contribution is 5.62. The Morgan fingerprint density at radius 3 is 2.59 bits per heavy atom. The molecule has 0 fully saturated rings. The van der Waals surface area contributed by atoms with Crippen LogP contribution in [0.2, 0.25) is 0 Å². The molecule has 1 atom stereocenters. The first kappa shape index (κ1) is 13.4. The fourth-order valence-corrected chi connectivity index (χ4v) is 1.30. The summed E-state index contributed by atoms with van der Waals surface area (Å²) < 4.78 is 5.60. The maximum absolute atomic E-state index is 10.7. The molecule has 0 amide bonds. The largest absolute Gasteiger partial charge is 0.393 e. The van der Waals surface area contributed by atoms with E-state index in [-0.39, 0.29) is 17.5 Å². The molecule has 5 heteroatoms. The Morgan fingerprint density at radius 1 is 1.41 bits per heavy atom. The molecule has 1 unspecified atom stereocenters. The number of rotatable bonds is 5. The Hall–Kier alpha value is -1.62. The van der Waals surface area contributed by atoms with E-state index in [0.29, 0.717) is 18.1 Å². The molecule has 0 aliphatic heterocycles. The van der Waals surface area contributed by atoms with Crippen LogP contribution in [-0.4, -0.2) is 11.0 Å². The first-order chi connectivity index (χ1) is 7.93. The van der Waals surface area contributed by atoms with E-state index >= 15 is 0 Å². The summed E-state index contributed by atoms with van der Waals surface area (Å²) in [6, 6.07) is 4.76. The van der Waals surface area contributed by atoms with Crippen molar-refractivity contribution in [3.63, 3.8) is 0 Å². The first-order valence-corrected chi connectivity index (χ1v) is 5.56. The Balaban J connectivity index is 2.79. The minimum absolute atomic E-state index is 0.0664. The minimum Gasteiger partial charge on any atom is -0.393 e. The molecule has 0 saturated heterocycles. The molecule has 0 radical (unpaired) electrons. The van der Waals surface area contributed by atoms with E-state index in [0.717, 1.165) is 0 Å². The number of para-hydroxylation sites is 1. The van der Waals surface area contributed by atoms with Gasteiger partial charge in [-0.25, -0.2) is 0 Å². The number of nitro benzene ring substituents is 1. The van der Waals surface area contributed by atoms with Crippen molar-refractivity contribution in [2.75, 3.05) is 5.73 Å². The highest BCUT2D eigenvalue weighted by atomic mass is 16.6. The number of nitrogens with zero attached hydrogens (tertiary/aromatic N) is 1. The number of hydrogen-bond acceptors (Lipinski definition) is 4. The van der Waals surface area contributed by atoms with Crippen LogP contribution in [0, 0.1) is 16.0 Å². The molecular formula is C12H18N2O3. The highest BCUT2D eigenvalue weighted by Gasteiger charge is 2.15. The SMILES string of the molecule is CC(C)C(C)OCc1cccc([N+](=O)[O-])c1N. The third kappa shape index (κ3) is 3.42. The molecule has 1 rings (SSSR count). The Bertz CT molecular complexity index is 405. The van der Waals surface area contributed by atoms with Gasteiger partial charge in [-0.3, -0.25) is 10.1 Å². The summed E-state index contributed by atoms with van der Waals surface area (Å²) >= 11 is 0. The van der Waals surface area contributed by atoms with Crippen molar-refractivity contribution in [3.05, 3.63) is 33.9 Å². The lowest BCUT2D eigenvalue weighted by Gasteiger charge is -2.17. The van der Waals surface area contributed by atoms with Crippen molar-refractivity contribution in [2.45, 2.75) is 33.5 Å². The fraction of sp³-hybridized carbons (Fsp3) is 0.500. The van der Waals surface area contributed by atoms with Crippen molar-refractivity contribution < 1.29 is 9.66 Å². The third-order valence-electron chi connectivity index (χ3n) is 2.81. The van der Waals surface area contributed by atoms with Gasteiger partial charge in [0, 0.05) is 11.6 Å². The molecule has 0 saturated carbocycles. The van der Waals surface area contributed by atoms with Crippen molar-refractivity contribution in [1.82, 2.24) is 0 Å². The number of anilines is 1. The molecule has 0 aromatic heterocycles. The number of benzene rings is 1. The van der Waals surface area contributed by atoms with Crippen LogP contribution in [0.25, 0.3) is 0 Å². The molecule has 17 heavy (non-hydrogen) atoms. The smallest absolute Gasteiger partial charge is 0.292 e. The summed E-state index contributed by atoms with van der Waals surface area (Å²) in [6.07, 6.45) is 0.0914. The molecule has 1 aromatic rings. The Morgan fingerprint density at radius 2 is 2.06 bits per heavy atom. The van der Waals surface area contributed by atoms with Crippen molar-refractivity contribution >= 4 is 11.4 Å². The number of nitrogen functional groups attached to an aromatic ring is 1. The normalized spacial score (nSPS) is 12.7. The summed E-state index contributed by atoms with van der Waals surface area (Å²) in [5, 5.41) is 10.7. The van der Waals surface area contributed by atoms with E-state index < -0.39 is 4.92 Å². The zero-order valence-electron chi connectivity index (χ0n) is 10.3. The van der Waals surface area contributed by atoms with Crippen molar-refractivity contribution in [2.24, 2.45) is 5.92 Å². The predicted octanol–water partition coefficient (Wildman–Crippen LogP) is 2.74. The number of ether oxygens (including phenoxy) is 1. The average molecular weight is 238 g/mol. The van der Waals surface area contributed by atoms with Gasteiger partial charge in [0.05, 0.1) is 17.6 Å². The van der Waals surface area contributed by atoms with Crippen LogP contribution in [0.15, 0.2) is 18.2 Å². The van der Waals surface area contributed by atoms with Crippen LogP contribution in [-0.2, 0) is 11.3 Å². The second-order valence-corrected chi connectivity index (χ2v) is 4.37. The van der Waals surface area contributed by atoms with Gasteiger partial charge >= 0.3 is 0 Å². The predicted molar refractivity (Wildman–Crippen MR) is 66.6 cm³/mol. The summed E-state index contributed by atoms with van der Waals surface area (Å²) in [5.74, 6) is 0.398. The molecule has 0 aliphatic rings. The summed E-state index contributed by atoms with van der Waals surface area (Å²) in [6.45, 7) is 6.38. The van der Waals surface area contributed by atoms with Crippen LogP contribution in [0.4, 0.5) is 11.4 Å². The monoisotopic (exact) mass is 238 g/mol. The van der Waals surface area contributed by atoms with Gasteiger partial charge in [-0.05, 0) is 12.8 Å². The van der Waals surface area contributed by atoms with Gasteiger partial charge in [-0.2, -0.15) is 0 Å². The van der Waals surface area contributed by atoms with Gasteiger partial charge in [0.15, 0.2) is 0 Å². The van der Waals surface area contributed by atoms with E-state index in [2.05, 4.69) is 13.8 Å². The van der Waals surface area contributed by atoms with Crippen LogP contribution >= 0.6 is 0 Å². The zero-order chi connectivity index (χ0) is 13.0. The van der Waals surface area contributed by atoms with Crippen LogP contribution in [0.5, 0.6) is 0 Å². The first-order valence-electron chi connectivity index (χ1n) is 5.56. The maximum Gasteiger partial charge on any atom is 0.292 e. The van der Waals surface area contributed by atoms with Gasteiger partial charge in [0.1, 0.15) is 5.69 Å². The summed E-state index contributed by atoms with van der Waals surface area (Å²) in [5.41, 5.74) is 6.51. The summed E-state index contributed by atoms with van der Waals surface area (Å²) in [4.78, 5) is 10.2. The lowest BCUT2D eigenvalue weighted by atomic mass is 10.1. The highest BCUT2D eigenvalue weighted by Crippen LogP contribution is 2.25. The molecule has 0 bridgehead atoms. The fourth-order valence-electron chi connectivity index (χ4n) is 1.30. The quantitative estimate of drug-likeness (QED) is 0.486. The van der Waals surface area contributed by atoms with E-state index in [1.165, 1.54) is 6.07 Å². The van der Waals surface area contributed by atoms with E-state index in [1.807, 2.05) is 6.92 Å². The Labute approximate surface area is 101 Å². The summed E-state index contributed by atoms with van der Waals surface area (Å²) in [7, 11) is 0.